The van der Waals surface area contributed by atoms with E-state index in [0.29, 0.717) is 26.2 Å². The maximum Gasteiger partial charge on any atom is 0.325 e. The molecule has 0 rings (SSSR count). The smallest absolute Gasteiger partial charge is 0.325 e. The van der Waals surface area contributed by atoms with Crippen molar-refractivity contribution in [1.29, 1.82) is 0 Å². The van der Waals surface area contributed by atoms with Gasteiger partial charge in [-0.3, -0.25) is 4.79 Å². The fourth-order valence-corrected chi connectivity index (χ4v) is 1.57. The second kappa shape index (κ2) is 10.3. The van der Waals surface area contributed by atoms with Crippen molar-refractivity contribution in [3.05, 3.63) is 0 Å². The van der Waals surface area contributed by atoms with Gasteiger partial charge in [0.2, 0.25) is 0 Å². The van der Waals surface area contributed by atoms with Crippen LogP contribution in [0.15, 0.2) is 0 Å². The van der Waals surface area contributed by atoms with E-state index in [1.54, 1.807) is 7.11 Å². The first kappa shape index (κ1) is 17.4. The van der Waals surface area contributed by atoms with Gasteiger partial charge in [0.15, 0.2) is 0 Å². The molecule has 0 aromatic rings. The molecule has 0 saturated heterocycles. The molecule has 1 unspecified atom stereocenters. The van der Waals surface area contributed by atoms with Gasteiger partial charge in [0, 0.05) is 26.9 Å². The van der Waals surface area contributed by atoms with Crippen LogP contribution in [0.2, 0.25) is 0 Å². The van der Waals surface area contributed by atoms with Gasteiger partial charge >= 0.3 is 5.97 Å². The van der Waals surface area contributed by atoms with Crippen molar-refractivity contribution in [2.45, 2.75) is 38.6 Å². The molecule has 5 heteroatoms. The first-order valence-electron chi connectivity index (χ1n) is 6.50. The van der Waals surface area contributed by atoms with Crippen molar-refractivity contribution in [2.24, 2.45) is 0 Å². The molecule has 18 heavy (non-hydrogen) atoms. The molecular weight excluding hydrogens is 234 g/mol. The number of carbonyl (C=O) groups excluding carboxylic acids is 1. The Morgan fingerprint density at radius 2 is 1.94 bits per heavy atom. The summed E-state index contributed by atoms with van der Waals surface area (Å²) in [7, 11) is 3.08. The minimum absolute atomic E-state index is 0.239. The number of methoxy groups -OCH3 is 2. The molecule has 108 valence electrons. The molecule has 0 radical (unpaired) electrons. The fourth-order valence-electron chi connectivity index (χ4n) is 1.57. The van der Waals surface area contributed by atoms with Crippen LogP contribution in [-0.2, 0) is 19.0 Å². The standard InChI is InChI=1S/C13H27NO4/c1-5-8-14-13(2,12(15)17-4)7-11-18-10-6-9-16-3/h14H,5-11H2,1-4H3. The van der Waals surface area contributed by atoms with Gasteiger partial charge in [0.1, 0.15) is 5.54 Å². The zero-order valence-electron chi connectivity index (χ0n) is 12.1. The van der Waals surface area contributed by atoms with E-state index in [-0.39, 0.29) is 5.97 Å². The number of esters is 1. The Morgan fingerprint density at radius 3 is 2.50 bits per heavy atom. The third kappa shape index (κ3) is 6.93. The van der Waals surface area contributed by atoms with E-state index in [2.05, 4.69) is 12.2 Å². The monoisotopic (exact) mass is 261 g/mol. The lowest BCUT2D eigenvalue weighted by Gasteiger charge is -2.27. The van der Waals surface area contributed by atoms with Crippen LogP contribution in [0.1, 0.15) is 33.1 Å². The average Bonchev–Trinajstić information content (AvgIpc) is 2.39. The normalized spacial score (nSPS) is 14.2. The van der Waals surface area contributed by atoms with Crippen LogP contribution in [-0.4, -0.2) is 52.1 Å². The van der Waals surface area contributed by atoms with Gasteiger partial charge in [0.05, 0.1) is 7.11 Å². The van der Waals surface area contributed by atoms with Crippen LogP contribution in [0.3, 0.4) is 0 Å². The third-order valence-corrected chi connectivity index (χ3v) is 2.78. The summed E-state index contributed by atoms with van der Waals surface area (Å²) in [6.07, 6.45) is 2.45. The summed E-state index contributed by atoms with van der Waals surface area (Å²) in [6, 6.07) is 0. The van der Waals surface area contributed by atoms with Crippen molar-refractivity contribution < 1.29 is 19.0 Å². The van der Waals surface area contributed by atoms with Gasteiger partial charge in [0.25, 0.3) is 0 Å². The van der Waals surface area contributed by atoms with Crippen LogP contribution >= 0.6 is 0 Å². The Morgan fingerprint density at radius 1 is 1.22 bits per heavy atom. The molecule has 0 aromatic carbocycles. The summed E-state index contributed by atoms with van der Waals surface area (Å²) in [5.41, 5.74) is -0.661. The maximum absolute atomic E-state index is 11.7. The topological polar surface area (TPSA) is 56.8 Å². The van der Waals surface area contributed by atoms with Crippen LogP contribution in [0.5, 0.6) is 0 Å². The van der Waals surface area contributed by atoms with Gasteiger partial charge in [-0.1, -0.05) is 6.92 Å². The lowest BCUT2D eigenvalue weighted by molar-refractivity contribution is -0.148. The Hall–Kier alpha value is -0.650. The molecule has 0 spiro atoms. The van der Waals surface area contributed by atoms with Crippen LogP contribution in [0.4, 0.5) is 0 Å². The third-order valence-electron chi connectivity index (χ3n) is 2.78. The van der Waals surface area contributed by atoms with E-state index < -0.39 is 5.54 Å². The highest BCUT2D eigenvalue weighted by atomic mass is 16.5. The van der Waals surface area contributed by atoms with Crippen molar-refractivity contribution in [3.63, 3.8) is 0 Å². The summed E-state index contributed by atoms with van der Waals surface area (Å²) in [4.78, 5) is 11.7. The Balaban J connectivity index is 3.97. The van der Waals surface area contributed by atoms with Crippen molar-refractivity contribution in [2.75, 3.05) is 40.6 Å². The maximum atomic E-state index is 11.7. The molecule has 0 heterocycles. The zero-order chi connectivity index (χ0) is 13.9. The van der Waals surface area contributed by atoms with Gasteiger partial charge < -0.3 is 19.5 Å². The SMILES string of the molecule is CCCNC(C)(CCOCCCOC)C(=O)OC. The van der Waals surface area contributed by atoms with Crippen molar-refractivity contribution in [1.82, 2.24) is 5.32 Å². The largest absolute Gasteiger partial charge is 0.468 e. The number of ether oxygens (including phenoxy) is 3. The molecule has 5 nitrogen and oxygen atoms in total. The first-order valence-corrected chi connectivity index (χ1v) is 6.50. The number of hydrogen-bond acceptors (Lipinski definition) is 5. The van der Waals surface area contributed by atoms with E-state index in [1.165, 1.54) is 7.11 Å². The molecule has 0 aliphatic rings. The summed E-state index contributed by atoms with van der Waals surface area (Å²) in [6.45, 7) is 6.58. The summed E-state index contributed by atoms with van der Waals surface area (Å²) in [5, 5.41) is 3.22. The minimum Gasteiger partial charge on any atom is -0.468 e. The molecule has 1 N–H and O–H groups in total. The Kier molecular flexibility index (Phi) is 9.92. The van der Waals surface area contributed by atoms with Gasteiger partial charge in [-0.15, -0.1) is 0 Å². The number of hydrogen-bond donors (Lipinski definition) is 1. The van der Waals surface area contributed by atoms with Crippen molar-refractivity contribution in [3.8, 4) is 0 Å². The molecule has 0 aliphatic carbocycles. The number of carbonyl (C=O) groups is 1. The van der Waals surface area contributed by atoms with E-state index in [4.69, 9.17) is 14.2 Å². The average molecular weight is 261 g/mol. The number of rotatable bonds is 11. The van der Waals surface area contributed by atoms with E-state index in [0.717, 1.165) is 19.4 Å². The number of nitrogens with one attached hydrogen (secondary N) is 1. The molecule has 0 fully saturated rings. The second-order valence-electron chi connectivity index (χ2n) is 4.46. The van der Waals surface area contributed by atoms with E-state index in [9.17, 15) is 4.79 Å². The Labute approximate surface area is 110 Å². The minimum atomic E-state index is -0.661. The molecule has 0 aromatic heterocycles. The van der Waals surface area contributed by atoms with Gasteiger partial charge in [-0.25, -0.2) is 0 Å². The molecular formula is C13H27NO4. The highest BCUT2D eigenvalue weighted by molar-refractivity contribution is 5.80. The van der Waals surface area contributed by atoms with Crippen LogP contribution in [0.25, 0.3) is 0 Å². The lowest BCUT2D eigenvalue weighted by Crippen LogP contribution is -2.51. The highest BCUT2D eigenvalue weighted by Crippen LogP contribution is 2.12. The highest BCUT2D eigenvalue weighted by Gasteiger charge is 2.33. The summed E-state index contributed by atoms with van der Waals surface area (Å²) in [5.74, 6) is -0.239. The molecule has 1 atom stereocenters. The van der Waals surface area contributed by atoms with Crippen molar-refractivity contribution >= 4 is 5.97 Å². The van der Waals surface area contributed by atoms with E-state index >= 15 is 0 Å². The van der Waals surface area contributed by atoms with Gasteiger partial charge in [-0.2, -0.15) is 0 Å². The Bertz CT molecular complexity index is 223. The molecule has 0 saturated carbocycles. The van der Waals surface area contributed by atoms with Crippen LogP contribution in [0, 0.1) is 0 Å². The second-order valence-corrected chi connectivity index (χ2v) is 4.46. The molecule has 0 aliphatic heterocycles. The first-order chi connectivity index (χ1) is 8.60. The summed E-state index contributed by atoms with van der Waals surface area (Å²) >= 11 is 0. The van der Waals surface area contributed by atoms with Crippen LogP contribution < -0.4 is 5.32 Å². The fraction of sp³-hybridized carbons (Fsp3) is 0.923. The quantitative estimate of drug-likeness (QED) is 0.449. The van der Waals surface area contributed by atoms with Gasteiger partial charge in [-0.05, 0) is 32.7 Å². The predicted octanol–water partition coefficient (Wildman–Crippen LogP) is 1.36. The van der Waals surface area contributed by atoms with E-state index in [1.807, 2.05) is 6.92 Å². The lowest BCUT2D eigenvalue weighted by atomic mass is 9.98. The predicted molar refractivity (Wildman–Crippen MR) is 70.6 cm³/mol. The molecule has 0 amide bonds. The molecule has 0 bridgehead atoms. The zero-order valence-corrected chi connectivity index (χ0v) is 12.1. The summed E-state index contributed by atoms with van der Waals surface area (Å²) < 4.78 is 15.2.